The molecule has 0 fully saturated rings. The lowest BCUT2D eigenvalue weighted by atomic mass is 10.2. The average molecular weight is 270 g/mol. The Kier molecular flexibility index (Phi) is 5.95. The Hall–Kier alpha value is -1.95. The summed E-state index contributed by atoms with van der Waals surface area (Å²) in [5, 5.41) is 36.2. The molecule has 0 saturated heterocycles. The third-order valence-electron chi connectivity index (χ3n) is 2.59. The predicted octanol–water partition coefficient (Wildman–Crippen LogP) is 1.51. The number of carbonyl (C=O) groups is 1. The van der Waals surface area contributed by atoms with E-state index in [-0.39, 0.29) is 18.8 Å². The lowest BCUT2D eigenvalue weighted by molar-refractivity contribution is 0.0496. The van der Waals surface area contributed by atoms with Gasteiger partial charge in [-0.1, -0.05) is 6.42 Å². The highest BCUT2D eigenvalue weighted by atomic mass is 16.5. The minimum Gasteiger partial charge on any atom is -0.504 e. The molecule has 0 aromatic heterocycles. The van der Waals surface area contributed by atoms with E-state index >= 15 is 0 Å². The standard InChI is InChI=1S/C13H18O6/c14-5-3-1-2-4-6-19-13(18)9-7-10(15)12(17)11(16)8-9/h7-8,14-17H,1-6H2. The van der Waals surface area contributed by atoms with E-state index in [0.29, 0.717) is 6.42 Å². The Morgan fingerprint density at radius 2 is 1.58 bits per heavy atom. The van der Waals surface area contributed by atoms with E-state index in [4.69, 9.17) is 14.9 Å². The lowest BCUT2D eigenvalue weighted by Gasteiger charge is -2.07. The van der Waals surface area contributed by atoms with Crippen LogP contribution in [0.25, 0.3) is 0 Å². The Morgan fingerprint density at radius 3 is 2.16 bits per heavy atom. The summed E-state index contributed by atoms with van der Waals surface area (Å²) in [6.07, 6.45) is 3.13. The van der Waals surface area contributed by atoms with E-state index in [2.05, 4.69) is 0 Å². The molecule has 0 radical (unpaired) electrons. The second kappa shape index (κ2) is 7.48. The van der Waals surface area contributed by atoms with Crippen LogP contribution in [0.4, 0.5) is 0 Å². The number of rotatable bonds is 7. The lowest BCUT2D eigenvalue weighted by Crippen LogP contribution is -2.06. The van der Waals surface area contributed by atoms with Crippen molar-refractivity contribution in [3.05, 3.63) is 17.7 Å². The van der Waals surface area contributed by atoms with Crippen LogP contribution in [0, 0.1) is 0 Å². The highest BCUT2D eigenvalue weighted by Gasteiger charge is 2.14. The van der Waals surface area contributed by atoms with Crippen molar-refractivity contribution in [2.24, 2.45) is 0 Å². The van der Waals surface area contributed by atoms with Crippen LogP contribution in [0.3, 0.4) is 0 Å². The molecule has 6 nitrogen and oxygen atoms in total. The van der Waals surface area contributed by atoms with Crippen molar-refractivity contribution in [1.82, 2.24) is 0 Å². The molecular weight excluding hydrogens is 252 g/mol. The second-order valence-electron chi connectivity index (χ2n) is 4.14. The van der Waals surface area contributed by atoms with Gasteiger partial charge in [0.25, 0.3) is 0 Å². The van der Waals surface area contributed by atoms with Crippen molar-refractivity contribution in [2.75, 3.05) is 13.2 Å². The molecule has 0 aliphatic rings. The number of phenols is 3. The second-order valence-corrected chi connectivity index (χ2v) is 4.14. The highest BCUT2D eigenvalue weighted by molar-refractivity contribution is 5.91. The molecule has 1 aromatic rings. The van der Waals surface area contributed by atoms with Gasteiger partial charge < -0.3 is 25.2 Å². The van der Waals surface area contributed by atoms with E-state index in [1.165, 1.54) is 0 Å². The van der Waals surface area contributed by atoms with Gasteiger partial charge in [-0.05, 0) is 31.4 Å². The predicted molar refractivity (Wildman–Crippen MR) is 67.3 cm³/mol. The first kappa shape index (κ1) is 15.1. The topological polar surface area (TPSA) is 107 Å². The highest BCUT2D eigenvalue weighted by Crippen LogP contribution is 2.35. The van der Waals surface area contributed by atoms with E-state index in [1.54, 1.807) is 0 Å². The normalized spacial score (nSPS) is 10.4. The fraction of sp³-hybridized carbons (Fsp3) is 0.462. The van der Waals surface area contributed by atoms with Crippen LogP contribution in [0.2, 0.25) is 0 Å². The van der Waals surface area contributed by atoms with Gasteiger partial charge in [-0.15, -0.1) is 0 Å². The third kappa shape index (κ3) is 4.67. The number of ether oxygens (including phenoxy) is 1. The summed E-state index contributed by atoms with van der Waals surface area (Å²) >= 11 is 0. The van der Waals surface area contributed by atoms with Gasteiger partial charge in [-0.25, -0.2) is 4.79 Å². The monoisotopic (exact) mass is 270 g/mol. The fourth-order valence-electron chi connectivity index (χ4n) is 1.54. The van der Waals surface area contributed by atoms with Gasteiger partial charge in [0, 0.05) is 6.61 Å². The molecule has 0 unspecified atom stereocenters. The van der Waals surface area contributed by atoms with Crippen molar-refractivity contribution in [3.8, 4) is 17.2 Å². The molecule has 4 N–H and O–H groups in total. The Labute approximate surface area is 110 Å². The van der Waals surface area contributed by atoms with Crippen LogP contribution < -0.4 is 0 Å². The van der Waals surface area contributed by atoms with Crippen LogP contribution in [-0.2, 0) is 4.74 Å². The maximum atomic E-state index is 11.6. The van der Waals surface area contributed by atoms with Crippen LogP contribution in [0.5, 0.6) is 17.2 Å². The van der Waals surface area contributed by atoms with Crippen molar-refractivity contribution < 1.29 is 30.0 Å². The average Bonchev–Trinajstić information content (AvgIpc) is 2.39. The number of phenolic OH excluding ortho intramolecular Hbond substituents is 3. The SMILES string of the molecule is O=C(OCCCCCCO)c1cc(O)c(O)c(O)c1. The van der Waals surface area contributed by atoms with Crippen molar-refractivity contribution in [2.45, 2.75) is 25.7 Å². The maximum absolute atomic E-state index is 11.6. The molecule has 6 heteroatoms. The Morgan fingerprint density at radius 1 is 1.00 bits per heavy atom. The van der Waals surface area contributed by atoms with Gasteiger partial charge in [0.15, 0.2) is 17.2 Å². The molecule has 106 valence electrons. The van der Waals surface area contributed by atoms with Gasteiger partial charge in [0.2, 0.25) is 0 Å². The molecule has 0 aliphatic carbocycles. The molecule has 0 heterocycles. The molecule has 0 saturated carbocycles. The zero-order chi connectivity index (χ0) is 14.3. The summed E-state index contributed by atoms with van der Waals surface area (Å²) in [5.74, 6) is -2.49. The minimum absolute atomic E-state index is 0.0249. The zero-order valence-electron chi connectivity index (χ0n) is 10.5. The largest absolute Gasteiger partial charge is 0.504 e. The molecule has 0 amide bonds. The smallest absolute Gasteiger partial charge is 0.338 e. The zero-order valence-corrected chi connectivity index (χ0v) is 10.5. The van der Waals surface area contributed by atoms with Crippen molar-refractivity contribution >= 4 is 5.97 Å². The number of aliphatic hydroxyl groups is 1. The van der Waals surface area contributed by atoms with Crippen LogP contribution >= 0.6 is 0 Å². The fourth-order valence-corrected chi connectivity index (χ4v) is 1.54. The van der Waals surface area contributed by atoms with Crippen LogP contribution in [0.15, 0.2) is 12.1 Å². The van der Waals surface area contributed by atoms with Gasteiger partial charge in [-0.2, -0.15) is 0 Å². The van der Waals surface area contributed by atoms with Crippen LogP contribution in [-0.4, -0.2) is 39.6 Å². The summed E-state index contributed by atoms with van der Waals surface area (Å²) in [6, 6.07) is 2.06. The summed E-state index contributed by atoms with van der Waals surface area (Å²) in [4.78, 5) is 11.6. The van der Waals surface area contributed by atoms with Gasteiger partial charge >= 0.3 is 5.97 Å². The molecule has 0 aliphatic heterocycles. The number of esters is 1. The molecular formula is C13H18O6. The first-order valence-electron chi connectivity index (χ1n) is 6.09. The number of hydrogen-bond donors (Lipinski definition) is 4. The minimum atomic E-state index is -0.673. The summed E-state index contributed by atoms with van der Waals surface area (Å²) in [5.41, 5.74) is -0.0249. The number of hydrogen-bond acceptors (Lipinski definition) is 6. The van der Waals surface area contributed by atoms with Gasteiger partial charge in [-0.3, -0.25) is 0 Å². The number of unbranched alkanes of at least 4 members (excludes halogenated alkanes) is 3. The molecule has 0 spiro atoms. The van der Waals surface area contributed by atoms with E-state index in [9.17, 15) is 15.0 Å². The van der Waals surface area contributed by atoms with E-state index < -0.39 is 23.2 Å². The quantitative estimate of drug-likeness (QED) is 0.340. The maximum Gasteiger partial charge on any atom is 0.338 e. The van der Waals surface area contributed by atoms with Crippen LogP contribution in [0.1, 0.15) is 36.0 Å². The molecule has 0 atom stereocenters. The molecule has 1 aromatic carbocycles. The number of carbonyl (C=O) groups excluding carboxylic acids is 1. The molecule has 0 bridgehead atoms. The summed E-state index contributed by atoms with van der Waals surface area (Å²) in [7, 11) is 0. The van der Waals surface area contributed by atoms with E-state index in [0.717, 1.165) is 31.4 Å². The third-order valence-corrected chi connectivity index (χ3v) is 2.59. The molecule has 1 rings (SSSR count). The van der Waals surface area contributed by atoms with Crippen molar-refractivity contribution in [3.63, 3.8) is 0 Å². The van der Waals surface area contributed by atoms with Gasteiger partial charge in [0.05, 0.1) is 12.2 Å². The molecule has 19 heavy (non-hydrogen) atoms. The summed E-state index contributed by atoms with van der Waals surface area (Å²) < 4.78 is 4.95. The van der Waals surface area contributed by atoms with E-state index in [1.807, 2.05) is 0 Å². The Balaban J connectivity index is 2.42. The number of aromatic hydroxyl groups is 3. The number of benzene rings is 1. The summed E-state index contributed by atoms with van der Waals surface area (Å²) in [6.45, 7) is 0.387. The first-order chi connectivity index (χ1) is 9.06. The van der Waals surface area contributed by atoms with Crippen molar-refractivity contribution in [1.29, 1.82) is 0 Å². The van der Waals surface area contributed by atoms with Gasteiger partial charge in [0.1, 0.15) is 0 Å². The Bertz CT molecular complexity index is 406. The number of aliphatic hydroxyl groups excluding tert-OH is 1. The first-order valence-corrected chi connectivity index (χ1v) is 6.09.